The fraction of sp³-hybridized carbons (Fsp3) is 0.294. The van der Waals surface area contributed by atoms with Crippen LogP contribution in [0.3, 0.4) is 0 Å². The van der Waals surface area contributed by atoms with E-state index in [2.05, 4.69) is 9.88 Å². The number of aliphatic carboxylic acids is 1. The van der Waals surface area contributed by atoms with Crippen LogP contribution in [0.1, 0.15) is 12.0 Å². The maximum atomic E-state index is 11.0. The number of ether oxygens (including phenoxy) is 1. The van der Waals surface area contributed by atoms with E-state index >= 15 is 0 Å². The lowest BCUT2D eigenvalue weighted by atomic mass is 10.1. The molecule has 0 spiro atoms. The van der Waals surface area contributed by atoms with E-state index in [9.17, 15) is 4.79 Å². The summed E-state index contributed by atoms with van der Waals surface area (Å²) in [5.74, 6) is 0.517. The van der Waals surface area contributed by atoms with Crippen LogP contribution in [0.5, 0.6) is 11.5 Å². The minimum atomic E-state index is -0.706. The molecule has 0 radical (unpaired) electrons. The molecule has 1 N–H and O–H groups in total. The molecule has 3 rings (SSSR count). The predicted molar refractivity (Wildman–Crippen MR) is 81.8 cm³/mol. The van der Waals surface area contributed by atoms with E-state index in [0.29, 0.717) is 25.3 Å². The highest BCUT2D eigenvalue weighted by atomic mass is 16.5. The van der Waals surface area contributed by atoms with Gasteiger partial charge in [0.15, 0.2) is 0 Å². The number of carboxylic acid groups (broad SMARTS) is 1. The number of likely N-dealkylation sites (tertiary alicyclic amines) is 1. The van der Waals surface area contributed by atoms with Crippen LogP contribution >= 0.6 is 0 Å². The van der Waals surface area contributed by atoms with Crippen LogP contribution in [0, 0.1) is 5.92 Å². The quantitative estimate of drug-likeness (QED) is 0.919. The molecule has 5 nitrogen and oxygen atoms in total. The van der Waals surface area contributed by atoms with E-state index in [1.807, 2.05) is 36.4 Å². The van der Waals surface area contributed by atoms with Gasteiger partial charge in [-0.05, 0) is 31.2 Å². The van der Waals surface area contributed by atoms with Gasteiger partial charge in [-0.3, -0.25) is 14.7 Å². The maximum absolute atomic E-state index is 11.0. The molecule has 0 aliphatic carbocycles. The zero-order valence-electron chi connectivity index (χ0n) is 12.2. The number of hydrogen-bond donors (Lipinski definition) is 1. The number of hydrogen-bond acceptors (Lipinski definition) is 4. The van der Waals surface area contributed by atoms with Crippen molar-refractivity contribution in [1.82, 2.24) is 9.88 Å². The Morgan fingerprint density at radius 3 is 2.91 bits per heavy atom. The van der Waals surface area contributed by atoms with Gasteiger partial charge in [-0.2, -0.15) is 0 Å². The Morgan fingerprint density at radius 2 is 2.18 bits per heavy atom. The third-order valence-electron chi connectivity index (χ3n) is 3.85. The van der Waals surface area contributed by atoms with Crippen molar-refractivity contribution in [2.45, 2.75) is 13.0 Å². The highest BCUT2D eigenvalue weighted by molar-refractivity contribution is 5.70. The Bertz CT molecular complexity index is 645. The van der Waals surface area contributed by atoms with E-state index in [1.54, 1.807) is 12.4 Å². The molecule has 1 fully saturated rings. The molecular weight excluding hydrogens is 280 g/mol. The molecule has 5 heteroatoms. The number of rotatable bonds is 5. The Morgan fingerprint density at radius 1 is 1.32 bits per heavy atom. The topological polar surface area (TPSA) is 62.7 Å². The number of carbonyl (C=O) groups is 1. The molecule has 1 aromatic heterocycles. The van der Waals surface area contributed by atoms with Crippen LogP contribution in [0.25, 0.3) is 0 Å². The Balaban J connectivity index is 1.71. The van der Waals surface area contributed by atoms with Gasteiger partial charge in [0, 0.05) is 24.8 Å². The second-order valence-corrected chi connectivity index (χ2v) is 5.46. The molecule has 1 aliphatic heterocycles. The highest BCUT2D eigenvalue weighted by Crippen LogP contribution is 2.27. The van der Waals surface area contributed by atoms with Gasteiger partial charge >= 0.3 is 5.97 Å². The Hall–Kier alpha value is -2.40. The summed E-state index contributed by atoms with van der Waals surface area (Å²) >= 11 is 0. The second kappa shape index (κ2) is 6.58. The molecular formula is C17H18N2O3. The highest BCUT2D eigenvalue weighted by Gasteiger charge is 2.28. The smallest absolute Gasteiger partial charge is 0.307 e. The summed E-state index contributed by atoms with van der Waals surface area (Å²) in [5, 5.41) is 9.09. The predicted octanol–water partition coefficient (Wildman–Crippen LogP) is 2.78. The molecule has 1 aromatic carbocycles. The normalized spacial score (nSPS) is 18.3. The van der Waals surface area contributed by atoms with Gasteiger partial charge in [-0.25, -0.2) is 0 Å². The van der Waals surface area contributed by atoms with Crippen molar-refractivity contribution < 1.29 is 14.6 Å². The van der Waals surface area contributed by atoms with Crippen LogP contribution in [-0.4, -0.2) is 34.0 Å². The van der Waals surface area contributed by atoms with Gasteiger partial charge in [0.2, 0.25) is 0 Å². The average molecular weight is 298 g/mol. The van der Waals surface area contributed by atoms with Gasteiger partial charge in [0.1, 0.15) is 11.5 Å². The van der Waals surface area contributed by atoms with E-state index in [0.717, 1.165) is 17.9 Å². The van der Waals surface area contributed by atoms with Crippen molar-refractivity contribution in [2.24, 2.45) is 5.92 Å². The first-order valence-corrected chi connectivity index (χ1v) is 7.33. The fourth-order valence-corrected chi connectivity index (χ4v) is 2.69. The van der Waals surface area contributed by atoms with Crippen LogP contribution in [0.2, 0.25) is 0 Å². The van der Waals surface area contributed by atoms with Gasteiger partial charge in [0.05, 0.1) is 12.1 Å². The first kappa shape index (κ1) is 14.5. The zero-order chi connectivity index (χ0) is 15.4. The molecule has 22 heavy (non-hydrogen) atoms. The van der Waals surface area contributed by atoms with Gasteiger partial charge < -0.3 is 9.84 Å². The summed E-state index contributed by atoms with van der Waals surface area (Å²) in [7, 11) is 0. The molecule has 0 bridgehead atoms. The Kier molecular flexibility index (Phi) is 4.34. The molecule has 2 aromatic rings. The molecule has 2 heterocycles. The molecule has 0 amide bonds. The molecule has 1 unspecified atom stereocenters. The molecule has 1 saturated heterocycles. The minimum Gasteiger partial charge on any atom is -0.481 e. The van der Waals surface area contributed by atoms with Crippen molar-refractivity contribution in [1.29, 1.82) is 0 Å². The van der Waals surface area contributed by atoms with Gasteiger partial charge in [-0.1, -0.05) is 18.2 Å². The van der Waals surface area contributed by atoms with Crippen LogP contribution in [0.4, 0.5) is 0 Å². The van der Waals surface area contributed by atoms with Crippen LogP contribution < -0.4 is 4.74 Å². The van der Waals surface area contributed by atoms with Crippen molar-refractivity contribution in [2.75, 3.05) is 13.1 Å². The summed E-state index contributed by atoms with van der Waals surface area (Å²) in [6.45, 7) is 2.09. The number of nitrogens with zero attached hydrogens (tertiary/aromatic N) is 2. The van der Waals surface area contributed by atoms with E-state index in [1.165, 1.54) is 0 Å². The van der Waals surface area contributed by atoms with Crippen molar-refractivity contribution >= 4 is 5.97 Å². The van der Waals surface area contributed by atoms with Gasteiger partial charge in [-0.15, -0.1) is 0 Å². The first-order valence-electron chi connectivity index (χ1n) is 7.33. The summed E-state index contributed by atoms with van der Waals surface area (Å²) in [4.78, 5) is 17.2. The molecule has 0 saturated carbocycles. The maximum Gasteiger partial charge on any atom is 0.307 e. The second-order valence-electron chi connectivity index (χ2n) is 5.46. The van der Waals surface area contributed by atoms with Gasteiger partial charge in [0.25, 0.3) is 0 Å². The average Bonchev–Trinajstić information content (AvgIpc) is 2.99. The number of pyridine rings is 1. The fourth-order valence-electron chi connectivity index (χ4n) is 2.69. The number of benzene rings is 1. The molecule has 1 atom stereocenters. The first-order chi connectivity index (χ1) is 10.7. The largest absolute Gasteiger partial charge is 0.481 e. The SMILES string of the molecule is O=C(O)C1CCN(Cc2ccccc2Oc2cccnc2)C1. The summed E-state index contributed by atoms with van der Waals surface area (Å²) < 4.78 is 5.89. The van der Waals surface area contributed by atoms with E-state index < -0.39 is 5.97 Å². The van der Waals surface area contributed by atoms with E-state index in [-0.39, 0.29) is 5.92 Å². The Labute approximate surface area is 129 Å². The number of aromatic nitrogens is 1. The van der Waals surface area contributed by atoms with Crippen molar-refractivity contribution in [3.05, 3.63) is 54.4 Å². The van der Waals surface area contributed by atoms with Crippen molar-refractivity contribution in [3.63, 3.8) is 0 Å². The third kappa shape index (κ3) is 3.43. The minimum absolute atomic E-state index is 0.258. The lowest BCUT2D eigenvalue weighted by Gasteiger charge is -2.18. The lowest BCUT2D eigenvalue weighted by molar-refractivity contribution is -0.141. The number of para-hydroxylation sites is 1. The molecule has 114 valence electrons. The van der Waals surface area contributed by atoms with Crippen LogP contribution in [0.15, 0.2) is 48.8 Å². The third-order valence-corrected chi connectivity index (χ3v) is 3.85. The zero-order valence-corrected chi connectivity index (χ0v) is 12.2. The summed E-state index contributed by atoms with van der Waals surface area (Å²) in [5.41, 5.74) is 1.05. The van der Waals surface area contributed by atoms with Crippen LogP contribution in [-0.2, 0) is 11.3 Å². The number of carboxylic acids is 1. The van der Waals surface area contributed by atoms with E-state index in [4.69, 9.17) is 9.84 Å². The summed E-state index contributed by atoms with van der Waals surface area (Å²) in [6, 6.07) is 11.5. The van der Waals surface area contributed by atoms with Crippen molar-refractivity contribution in [3.8, 4) is 11.5 Å². The summed E-state index contributed by atoms with van der Waals surface area (Å²) in [6.07, 6.45) is 4.09. The standard InChI is InChI=1S/C17H18N2O3/c20-17(21)14-7-9-19(12-14)11-13-4-1-2-6-16(13)22-15-5-3-8-18-10-15/h1-6,8,10,14H,7,9,11-12H2,(H,20,21). The lowest BCUT2D eigenvalue weighted by Crippen LogP contribution is -2.23. The molecule has 1 aliphatic rings. The monoisotopic (exact) mass is 298 g/mol.